The fraction of sp³-hybridized carbons (Fsp3) is 0.948. The van der Waals surface area contributed by atoms with Crippen LogP contribution in [0.4, 0.5) is 0 Å². The summed E-state index contributed by atoms with van der Waals surface area (Å²) in [6, 6.07) is 0. The van der Waals surface area contributed by atoms with E-state index in [2.05, 4.69) is 34.6 Å². The molecule has 0 amide bonds. The first-order chi connectivity index (χ1) is 46.6. The Morgan fingerprint density at radius 2 is 0.500 bits per heavy atom. The van der Waals surface area contributed by atoms with Gasteiger partial charge in [-0.15, -0.1) is 0 Å². The Balaban J connectivity index is 5.17. The molecule has 0 aromatic heterocycles. The summed E-state index contributed by atoms with van der Waals surface area (Å²) < 4.78 is 68.4. The zero-order chi connectivity index (χ0) is 70.5. The number of ether oxygens (including phenoxy) is 4. The molecule has 0 aliphatic carbocycles. The average molecular weight is 1410 g/mol. The van der Waals surface area contributed by atoms with Crippen molar-refractivity contribution < 1.29 is 80.2 Å². The maximum atomic E-state index is 13.1. The number of aliphatic hydroxyl groups excluding tert-OH is 1. The summed E-state index contributed by atoms with van der Waals surface area (Å²) in [5.74, 6) is -1.27. The van der Waals surface area contributed by atoms with Crippen LogP contribution >= 0.6 is 15.6 Å². The zero-order valence-electron chi connectivity index (χ0n) is 62.5. The molecule has 0 spiro atoms. The first kappa shape index (κ1) is 94.1. The molecule has 0 aromatic carbocycles. The largest absolute Gasteiger partial charge is 0.472 e. The van der Waals surface area contributed by atoms with E-state index in [1.165, 1.54) is 218 Å². The summed E-state index contributed by atoms with van der Waals surface area (Å²) in [5.41, 5.74) is 0. The molecule has 0 radical (unpaired) electrons. The number of phosphoric acid groups is 2. The van der Waals surface area contributed by atoms with Crippen LogP contribution in [-0.4, -0.2) is 96.7 Å². The Hall–Kier alpha value is -1.94. The van der Waals surface area contributed by atoms with Gasteiger partial charge in [-0.05, 0) is 31.6 Å². The van der Waals surface area contributed by atoms with Crippen molar-refractivity contribution in [2.24, 2.45) is 5.92 Å². The number of hydrogen-bond donors (Lipinski definition) is 3. The van der Waals surface area contributed by atoms with Crippen molar-refractivity contribution in [1.29, 1.82) is 0 Å². The second-order valence-corrected chi connectivity index (χ2v) is 30.9. The van der Waals surface area contributed by atoms with Gasteiger partial charge in [-0.2, -0.15) is 0 Å². The number of unbranched alkanes of at least 4 members (excludes halogenated alkanes) is 48. The third kappa shape index (κ3) is 69.2. The lowest BCUT2D eigenvalue weighted by Crippen LogP contribution is -2.30. The van der Waals surface area contributed by atoms with E-state index in [4.69, 9.17) is 37.0 Å². The fourth-order valence-corrected chi connectivity index (χ4v) is 13.4. The van der Waals surface area contributed by atoms with Gasteiger partial charge in [-0.25, -0.2) is 9.13 Å². The van der Waals surface area contributed by atoms with Crippen molar-refractivity contribution in [1.82, 2.24) is 0 Å². The first-order valence-electron chi connectivity index (χ1n) is 40.2. The topological polar surface area (TPSA) is 237 Å². The van der Waals surface area contributed by atoms with E-state index < -0.39 is 97.5 Å². The van der Waals surface area contributed by atoms with Gasteiger partial charge < -0.3 is 33.8 Å². The molecule has 0 fully saturated rings. The highest BCUT2D eigenvalue weighted by Crippen LogP contribution is 2.45. The maximum absolute atomic E-state index is 13.1. The van der Waals surface area contributed by atoms with Crippen LogP contribution in [0.1, 0.15) is 407 Å². The minimum Gasteiger partial charge on any atom is -0.462 e. The number of aliphatic hydroxyl groups is 1. The van der Waals surface area contributed by atoms with Gasteiger partial charge in [-0.1, -0.05) is 356 Å². The Labute approximate surface area is 588 Å². The molecule has 0 aliphatic rings. The van der Waals surface area contributed by atoms with Gasteiger partial charge in [0.1, 0.15) is 19.3 Å². The normalized spacial score (nSPS) is 14.2. The van der Waals surface area contributed by atoms with Gasteiger partial charge >= 0.3 is 39.5 Å². The maximum Gasteiger partial charge on any atom is 0.472 e. The minimum absolute atomic E-state index is 0.107. The summed E-state index contributed by atoms with van der Waals surface area (Å²) in [6.07, 6.45) is 59.8. The lowest BCUT2D eigenvalue weighted by Gasteiger charge is -2.21. The third-order valence-corrected chi connectivity index (χ3v) is 20.3. The molecule has 19 heteroatoms. The quantitative estimate of drug-likeness (QED) is 0.0222. The van der Waals surface area contributed by atoms with Crippen molar-refractivity contribution in [2.75, 3.05) is 39.6 Å². The molecule has 0 heterocycles. The molecule has 0 saturated carbocycles. The third-order valence-electron chi connectivity index (χ3n) is 18.4. The molecule has 3 N–H and O–H groups in total. The Morgan fingerprint density at radius 3 is 0.740 bits per heavy atom. The van der Waals surface area contributed by atoms with Gasteiger partial charge in [0.05, 0.1) is 26.4 Å². The van der Waals surface area contributed by atoms with E-state index in [1.807, 2.05) is 0 Å². The fourth-order valence-electron chi connectivity index (χ4n) is 11.8. The van der Waals surface area contributed by atoms with E-state index in [0.29, 0.717) is 25.7 Å². The Kier molecular flexibility index (Phi) is 68.7. The lowest BCUT2D eigenvalue weighted by atomic mass is 9.99. The predicted molar refractivity (Wildman–Crippen MR) is 391 cm³/mol. The second-order valence-electron chi connectivity index (χ2n) is 28.0. The number of rotatable bonds is 77. The number of esters is 4. The van der Waals surface area contributed by atoms with Crippen LogP contribution in [-0.2, 0) is 65.4 Å². The van der Waals surface area contributed by atoms with E-state index in [0.717, 1.165) is 109 Å². The van der Waals surface area contributed by atoms with Crippen molar-refractivity contribution in [3.8, 4) is 0 Å². The van der Waals surface area contributed by atoms with Gasteiger partial charge in [0.2, 0.25) is 0 Å². The van der Waals surface area contributed by atoms with Crippen LogP contribution in [0.5, 0.6) is 0 Å². The molecule has 96 heavy (non-hydrogen) atoms. The number of hydrogen-bond acceptors (Lipinski definition) is 15. The monoisotopic (exact) mass is 1410 g/mol. The molecule has 17 nitrogen and oxygen atoms in total. The molecule has 0 aromatic rings. The SMILES string of the molecule is CCCCCCCCCCCCCCCCCCCCCCC(=O)O[C@H](COC(=O)CCCCCCCCCCCCCCCCC(C)CC)COP(=O)(O)OC[C@@H](O)COP(=O)(O)OC[C@@H](COC(=O)CCCCCCCCC)OC(=O)CCCCCCCCCCCCC. The van der Waals surface area contributed by atoms with E-state index in [9.17, 15) is 43.2 Å². The van der Waals surface area contributed by atoms with Crippen LogP contribution in [0.2, 0.25) is 0 Å². The number of carbonyl (C=O) groups excluding carboxylic acids is 4. The van der Waals surface area contributed by atoms with Crippen molar-refractivity contribution in [3.05, 3.63) is 0 Å². The minimum atomic E-state index is -4.96. The highest BCUT2D eigenvalue weighted by atomic mass is 31.2. The summed E-state index contributed by atoms with van der Waals surface area (Å²) in [7, 11) is -9.90. The number of carbonyl (C=O) groups is 4. The standard InChI is InChI=1S/C77H150O17P2/c1-6-10-13-16-19-21-23-24-25-26-27-28-29-30-35-39-43-48-53-58-63-77(82)94-73(67-88-75(80)61-56-51-46-41-38-34-32-31-33-37-40-45-49-54-59-70(5)9-4)69-92-96(85,86)90-65-71(78)64-89-95(83,84)91-68-72(66-87-74(79)60-55-50-44-18-15-12-8-3)93-76(81)62-57-52-47-42-36-22-20-17-14-11-7-2/h70-73,78H,6-69H2,1-5H3,(H,83,84)(H,85,86)/t70?,71-,72+,73+/m0/s1. The number of phosphoric ester groups is 2. The molecule has 0 rings (SSSR count). The van der Waals surface area contributed by atoms with Crippen LogP contribution in [0, 0.1) is 5.92 Å². The summed E-state index contributed by atoms with van der Waals surface area (Å²) in [5, 5.41) is 10.6. The van der Waals surface area contributed by atoms with Crippen LogP contribution < -0.4 is 0 Å². The highest BCUT2D eigenvalue weighted by molar-refractivity contribution is 7.47. The van der Waals surface area contributed by atoms with Gasteiger partial charge in [0.15, 0.2) is 12.2 Å². The van der Waals surface area contributed by atoms with Gasteiger partial charge in [-0.3, -0.25) is 37.3 Å². The van der Waals surface area contributed by atoms with Gasteiger partial charge in [0.25, 0.3) is 0 Å². The molecular formula is C77H150O17P2. The summed E-state index contributed by atoms with van der Waals surface area (Å²) in [4.78, 5) is 72.7. The second kappa shape index (κ2) is 70.1. The first-order valence-corrected chi connectivity index (χ1v) is 43.2. The van der Waals surface area contributed by atoms with E-state index in [-0.39, 0.29) is 25.7 Å². The average Bonchev–Trinajstić information content (AvgIpc) is 1.35. The molecule has 0 bridgehead atoms. The van der Waals surface area contributed by atoms with Crippen molar-refractivity contribution >= 4 is 39.5 Å². The molecule has 570 valence electrons. The van der Waals surface area contributed by atoms with Gasteiger partial charge in [0, 0.05) is 25.7 Å². The molecule has 3 unspecified atom stereocenters. The van der Waals surface area contributed by atoms with E-state index in [1.54, 1.807) is 0 Å². The highest BCUT2D eigenvalue weighted by Gasteiger charge is 2.30. The van der Waals surface area contributed by atoms with Crippen molar-refractivity contribution in [3.63, 3.8) is 0 Å². The van der Waals surface area contributed by atoms with Crippen LogP contribution in [0.3, 0.4) is 0 Å². The molecular weight excluding hydrogens is 1260 g/mol. The zero-order valence-corrected chi connectivity index (χ0v) is 64.3. The molecule has 6 atom stereocenters. The predicted octanol–water partition coefficient (Wildman–Crippen LogP) is 22.9. The Bertz CT molecular complexity index is 1840. The lowest BCUT2D eigenvalue weighted by molar-refractivity contribution is -0.161. The van der Waals surface area contributed by atoms with E-state index >= 15 is 0 Å². The summed E-state index contributed by atoms with van der Waals surface area (Å²) in [6.45, 7) is 7.31. The van der Waals surface area contributed by atoms with Crippen LogP contribution in [0.15, 0.2) is 0 Å². The van der Waals surface area contributed by atoms with Crippen molar-refractivity contribution in [2.45, 2.75) is 425 Å². The molecule has 0 saturated heterocycles. The van der Waals surface area contributed by atoms with Crippen LogP contribution in [0.25, 0.3) is 0 Å². The Morgan fingerprint density at radius 1 is 0.292 bits per heavy atom. The molecule has 0 aliphatic heterocycles. The summed E-state index contributed by atoms with van der Waals surface area (Å²) >= 11 is 0. The smallest absolute Gasteiger partial charge is 0.462 e.